The second-order valence-corrected chi connectivity index (χ2v) is 5.20. The summed E-state index contributed by atoms with van der Waals surface area (Å²) in [7, 11) is 0. The molecule has 2 N–H and O–H groups in total. The molecule has 0 radical (unpaired) electrons. The van der Waals surface area contributed by atoms with E-state index in [2.05, 4.69) is 15.9 Å². The summed E-state index contributed by atoms with van der Waals surface area (Å²) in [5.41, 5.74) is 4.71. The third-order valence-electron chi connectivity index (χ3n) is 1.95. The zero-order chi connectivity index (χ0) is 11.7. The molecule has 0 aromatic heterocycles. The smallest absolute Gasteiger partial charge is 0.276 e. The minimum atomic E-state index is -2.90. The third kappa shape index (κ3) is 3.54. The molecule has 0 saturated carbocycles. The maximum absolute atomic E-state index is 13.8. The predicted molar refractivity (Wildman–Crippen MR) is 60.9 cm³/mol. The van der Waals surface area contributed by atoms with Gasteiger partial charge in [-0.3, -0.25) is 0 Å². The molecule has 0 atom stereocenters. The van der Waals surface area contributed by atoms with Crippen LogP contribution in [-0.2, 0) is 5.92 Å². The number of alkyl halides is 2. The van der Waals surface area contributed by atoms with Crippen molar-refractivity contribution in [1.82, 2.24) is 0 Å². The van der Waals surface area contributed by atoms with Gasteiger partial charge in [-0.15, -0.1) is 0 Å². The molecule has 0 amide bonds. The van der Waals surface area contributed by atoms with Crippen LogP contribution in [0.4, 0.5) is 8.78 Å². The van der Waals surface area contributed by atoms with Crippen molar-refractivity contribution in [3.63, 3.8) is 0 Å². The van der Waals surface area contributed by atoms with Crippen LogP contribution < -0.4 is 5.73 Å². The van der Waals surface area contributed by atoms with E-state index in [4.69, 9.17) is 5.73 Å². The predicted octanol–water partition coefficient (Wildman–Crippen LogP) is 3.67. The molecule has 1 nitrogen and oxygen atoms in total. The highest BCUT2D eigenvalue weighted by Crippen LogP contribution is 2.38. The standard InChI is InChI=1S/C11H14BrF2N/c1-10(2,15)7-11(13,14)8-5-3-4-6-9(8)12/h3-6H,7,15H2,1-2H3. The Bertz CT molecular complexity index is 345. The normalized spacial score (nSPS) is 12.9. The number of benzene rings is 1. The maximum Gasteiger partial charge on any atom is 0.276 e. The lowest BCUT2D eigenvalue weighted by molar-refractivity contribution is -0.0302. The minimum absolute atomic E-state index is 0.0106. The summed E-state index contributed by atoms with van der Waals surface area (Å²) in [5.74, 6) is -2.90. The van der Waals surface area contributed by atoms with E-state index in [-0.39, 0.29) is 12.0 Å². The first-order valence-electron chi connectivity index (χ1n) is 4.64. The molecule has 0 unspecified atom stereocenters. The Kier molecular flexibility index (Phi) is 3.51. The van der Waals surface area contributed by atoms with Crippen molar-refractivity contribution in [2.75, 3.05) is 0 Å². The molecule has 0 aliphatic heterocycles. The van der Waals surface area contributed by atoms with Crippen molar-refractivity contribution in [2.45, 2.75) is 31.7 Å². The van der Waals surface area contributed by atoms with Gasteiger partial charge in [-0.2, -0.15) is 0 Å². The van der Waals surface area contributed by atoms with E-state index in [1.165, 1.54) is 6.07 Å². The lowest BCUT2D eigenvalue weighted by Gasteiger charge is -2.26. The molecule has 0 bridgehead atoms. The molecule has 0 aliphatic rings. The molecule has 0 aliphatic carbocycles. The zero-order valence-electron chi connectivity index (χ0n) is 8.73. The van der Waals surface area contributed by atoms with E-state index in [0.29, 0.717) is 4.47 Å². The molecule has 1 rings (SSSR count). The van der Waals surface area contributed by atoms with Crippen LogP contribution in [0.1, 0.15) is 25.8 Å². The van der Waals surface area contributed by atoms with Crippen molar-refractivity contribution in [2.24, 2.45) is 5.73 Å². The molecule has 0 heterocycles. The highest BCUT2D eigenvalue weighted by molar-refractivity contribution is 9.10. The van der Waals surface area contributed by atoms with Gasteiger partial charge in [0, 0.05) is 22.0 Å². The molecular formula is C11H14BrF2N. The fraction of sp³-hybridized carbons (Fsp3) is 0.455. The first kappa shape index (κ1) is 12.6. The van der Waals surface area contributed by atoms with Crippen LogP contribution in [0.2, 0.25) is 0 Å². The number of hydrogen-bond acceptors (Lipinski definition) is 1. The SMILES string of the molecule is CC(C)(N)CC(F)(F)c1ccccc1Br. The average molecular weight is 278 g/mol. The first-order valence-corrected chi connectivity index (χ1v) is 5.43. The van der Waals surface area contributed by atoms with Crippen molar-refractivity contribution >= 4 is 15.9 Å². The van der Waals surface area contributed by atoms with E-state index in [1.54, 1.807) is 32.0 Å². The Balaban J connectivity index is 3.01. The second kappa shape index (κ2) is 4.18. The van der Waals surface area contributed by atoms with Gasteiger partial charge in [0.05, 0.1) is 0 Å². The molecule has 1 aromatic rings. The molecule has 1 aromatic carbocycles. The summed E-state index contributed by atoms with van der Waals surface area (Å²) >= 11 is 3.12. The fourth-order valence-electron chi connectivity index (χ4n) is 1.43. The van der Waals surface area contributed by atoms with Crippen molar-refractivity contribution < 1.29 is 8.78 Å². The minimum Gasteiger partial charge on any atom is -0.325 e. The summed E-state index contributed by atoms with van der Waals surface area (Å²) in [4.78, 5) is 0. The quantitative estimate of drug-likeness (QED) is 0.897. The summed E-state index contributed by atoms with van der Waals surface area (Å²) in [6.45, 7) is 3.19. The Morgan fingerprint density at radius 1 is 1.27 bits per heavy atom. The molecule has 84 valence electrons. The van der Waals surface area contributed by atoms with Crippen LogP contribution in [0.5, 0.6) is 0 Å². The summed E-state index contributed by atoms with van der Waals surface area (Å²) < 4.78 is 28.0. The Hall–Kier alpha value is -0.480. The van der Waals surface area contributed by atoms with Gasteiger partial charge in [-0.05, 0) is 19.9 Å². The van der Waals surface area contributed by atoms with Crippen LogP contribution in [0.15, 0.2) is 28.7 Å². The molecule has 4 heteroatoms. The van der Waals surface area contributed by atoms with Gasteiger partial charge in [0.15, 0.2) is 0 Å². The molecule has 0 fully saturated rings. The highest BCUT2D eigenvalue weighted by Gasteiger charge is 2.37. The van der Waals surface area contributed by atoms with Gasteiger partial charge in [-0.25, -0.2) is 8.78 Å². The van der Waals surface area contributed by atoms with E-state index in [9.17, 15) is 8.78 Å². The van der Waals surface area contributed by atoms with Gasteiger partial charge >= 0.3 is 0 Å². The van der Waals surface area contributed by atoms with Crippen LogP contribution in [0, 0.1) is 0 Å². The third-order valence-corrected chi connectivity index (χ3v) is 2.64. The molecule has 15 heavy (non-hydrogen) atoms. The lowest BCUT2D eigenvalue weighted by atomic mass is 9.93. The average Bonchev–Trinajstić information content (AvgIpc) is 1.99. The Labute approximate surface area is 96.8 Å². The monoisotopic (exact) mass is 277 g/mol. The number of hydrogen-bond donors (Lipinski definition) is 1. The van der Waals surface area contributed by atoms with E-state index >= 15 is 0 Å². The fourth-order valence-corrected chi connectivity index (χ4v) is 2.00. The van der Waals surface area contributed by atoms with Crippen LogP contribution in [0.3, 0.4) is 0 Å². The first-order chi connectivity index (χ1) is 6.72. The summed E-state index contributed by atoms with van der Waals surface area (Å²) in [5, 5.41) is 0. The molecule has 0 spiro atoms. The molecular weight excluding hydrogens is 264 g/mol. The van der Waals surface area contributed by atoms with Gasteiger partial charge < -0.3 is 5.73 Å². The number of rotatable bonds is 3. The summed E-state index contributed by atoms with van der Waals surface area (Å²) in [6, 6.07) is 6.32. The number of nitrogens with two attached hydrogens (primary N) is 1. The topological polar surface area (TPSA) is 26.0 Å². The van der Waals surface area contributed by atoms with E-state index in [1.807, 2.05) is 0 Å². The van der Waals surface area contributed by atoms with E-state index in [0.717, 1.165) is 0 Å². The number of halogens is 3. The van der Waals surface area contributed by atoms with Crippen LogP contribution in [0.25, 0.3) is 0 Å². The van der Waals surface area contributed by atoms with Crippen molar-refractivity contribution in [3.05, 3.63) is 34.3 Å². The molecule has 0 saturated heterocycles. The van der Waals surface area contributed by atoms with Gasteiger partial charge in [0.25, 0.3) is 5.92 Å². The summed E-state index contributed by atoms with van der Waals surface area (Å²) in [6.07, 6.45) is -0.372. The Morgan fingerprint density at radius 3 is 2.27 bits per heavy atom. The highest BCUT2D eigenvalue weighted by atomic mass is 79.9. The Morgan fingerprint density at radius 2 is 1.80 bits per heavy atom. The van der Waals surface area contributed by atoms with E-state index < -0.39 is 11.5 Å². The lowest BCUT2D eigenvalue weighted by Crippen LogP contribution is -2.38. The van der Waals surface area contributed by atoms with Crippen LogP contribution >= 0.6 is 15.9 Å². The van der Waals surface area contributed by atoms with Gasteiger partial charge in [0.1, 0.15) is 0 Å². The van der Waals surface area contributed by atoms with Crippen molar-refractivity contribution in [1.29, 1.82) is 0 Å². The maximum atomic E-state index is 13.8. The van der Waals surface area contributed by atoms with Gasteiger partial charge in [0.2, 0.25) is 0 Å². The van der Waals surface area contributed by atoms with Gasteiger partial charge in [-0.1, -0.05) is 34.1 Å². The van der Waals surface area contributed by atoms with Crippen LogP contribution in [-0.4, -0.2) is 5.54 Å². The zero-order valence-corrected chi connectivity index (χ0v) is 10.3. The second-order valence-electron chi connectivity index (χ2n) is 4.35. The van der Waals surface area contributed by atoms with Crippen molar-refractivity contribution in [3.8, 4) is 0 Å². The largest absolute Gasteiger partial charge is 0.325 e.